The summed E-state index contributed by atoms with van der Waals surface area (Å²) in [5.74, 6) is 0.368. The van der Waals surface area contributed by atoms with Gasteiger partial charge in [0.25, 0.3) is 5.95 Å². The van der Waals surface area contributed by atoms with E-state index in [2.05, 4.69) is 27.6 Å². The summed E-state index contributed by atoms with van der Waals surface area (Å²) in [6.45, 7) is 3.49. The summed E-state index contributed by atoms with van der Waals surface area (Å²) in [7, 11) is 1.56. The Balaban J connectivity index is 1.64. The molecular weight excluding hydrogens is 676 g/mol. The monoisotopic (exact) mass is 709 g/mol. The second-order valence-corrected chi connectivity index (χ2v) is 11.5. The van der Waals surface area contributed by atoms with Crippen molar-refractivity contribution in [3.8, 4) is 5.88 Å². The van der Waals surface area contributed by atoms with Crippen LogP contribution >= 0.6 is 22.6 Å². The lowest BCUT2D eigenvalue weighted by atomic mass is 9.76. The first kappa shape index (κ1) is 30.4. The molecule has 228 valence electrons. The molecule has 4 atom stereocenters. The van der Waals surface area contributed by atoms with E-state index in [1.807, 2.05) is 97.9 Å². The number of aliphatic hydroxyl groups excluding tert-OH is 1. The first-order valence-corrected chi connectivity index (χ1v) is 15.9. The number of hydrogen-bond acceptors (Lipinski definition) is 8. The maximum atomic E-state index is 16.1. The van der Waals surface area contributed by atoms with Crippen molar-refractivity contribution in [2.75, 3.05) is 23.2 Å². The molecule has 1 N–H and O–H groups in total. The molecule has 9 nitrogen and oxygen atoms in total. The molecule has 3 aromatic carbocycles. The van der Waals surface area contributed by atoms with Crippen molar-refractivity contribution in [3.05, 3.63) is 114 Å². The molecule has 1 fully saturated rings. The van der Waals surface area contributed by atoms with Crippen LogP contribution in [0.5, 0.6) is 5.88 Å². The third kappa shape index (κ3) is 4.91. The van der Waals surface area contributed by atoms with E-state index in [4.69, 9.17) is 24.3 Å². The molecule has 0 radical (unpaired) electrons. The largest absolute Gasteiger partial charge is 0.476 e. The summed E-state index contributed by atoms with van der Waals surface area (Å²) in [5.41, 5.74) is 0.139. The number of aliphatic hydroxyl groups is 1. The summed E-state index contributed by atoms with van der Waals surface area (Å²) in [6, 6.07) is 29.9. The Morgan fingerprint density at radius 1 is 0.977 bits per heavy atom. The highest BCUT2D eigenvalue weighted by Gasteiger charge is 2.55. The molecule has 6 rings (SSSR count). The molecule has 0 aliphatic carbocycles. The van der Waals surface area contributed by atoms with E-state index < -0.39 is 29.6 Å². The quantitative estimate of drug-likeness (QED) is 0.0817. The number of hydroxylamine groups is 1. The van der Waals surface area contributed by atoms with Gasteiger partial charge in [-0.15, -0.1) is 0 Å². The number of aromatic nitrogens is 4. The van der Waals surface area contributed by atoms with Gasteiger partial charge in [-0.3, -0.25) is 9.40 Å². The zero-order chi connectivity index (χ0) is 30.9. The topological polar surface area (TPSA) is 94.8 Å². The second-order valence-electron chi connectivity index (χ2n) is 10.6. The third-order valence-corrected chi connectivity index (χ3v) is 8.89. The summed E-state index contributed by atoms with van der Waals surface area (Å²) in [6.07, 6.45) is -1.76. The zero-order valence-electron chi connectivity index (χ0n) is 24.5. The Morgan fingerprint density at radius 3 is 1.98 bits per heavy atom. The highest BCUT2D eigenvalue weighted by atomic mass is 127. The lowest BCUT2D eigenvalue weighted by Gasteiger charge is -2.43. The normalized spacial score (nSPS) is 21.9. The van der Waals surface area contributed by atoms with Crippen molar-refractivity contribution in [1.29, 1.82) is 0 Å². The number of benzene rings is 3. The minimum atomic E-state index is -2.11. The molecular formula is C33H33FIN5O4. The summed E-state index contributed by atoms with van der Waals surface area (Å²) < 4.78 is 30.0. The van der Waals surface area contributed by atoms with Gasteiger partial charge in [-0.25, -0.2) is 9.37 Å². The Morgan fingerprint density at radius 2 is 1.52 bits per heavy atom. The van der Waals surface area contributed by atoms with Crippen LogP contribution in [0.25, 0.3) is 11.2 Å². The number of anilines is 1. The van der Waals surface area contributed by atoms with Gasteiger partial charge in [-0.05, 0) is 30.5 Å². The number of alkyl halides is 2. The molecule has 44 heavy (non-hydrogen) atoms. The predicted octanol–water partition coefficient (Wildman–Crippen LogP) is 6.01. The minimum Gasteiger partial charge on any atom is -0.476 e. The van der Waals surface area contributed by atoms with Crippen molar-refractivity contribution >= 4 is 39.7 Å². The number of fused-ring (bicyclic) bond motifs is 1. The van der Waals surface area contributed by atoms with Gasteiger partial charge in [-0.2, -0.15) is 15.0 Å². The van der Waals surface area contributed by atoms with E-state index in [0.29, 0.717) is 16.6 Å². The van der Waals surface area contributed by atoms with E-state index in [0.717, 1.165) is 16.7 Å². The van der Waals surface area contributed by atoms with E-state index in [-0.39, 0.29) is 17.5 Å². The first-order chi connectivity index (χ1) is 21.4. The third-order valence-electron chi connectivity index (χ3n) is 8.02. The standard InChI is InChI=1S/C33H33FIN5O4/c1-4-43-29-26-28(39(21-36-26)30-32(2,34)27(41)25(20-35)44-30)37-31(38-29)40(42-3)33(22-14-8-5-9-15-22,23-16-10-6-11-17-23)24-18-12-7-13-19-24/h5-19,21,25,27,30,41H,4,20H2,1-3H3/t25-,27-,30-,32-/m1/s1. The number of rotatable bonds is 10. The number of imidazole rings is 1. The van der Waals surface area contributed by atoms with Crippen LogP contribution in [0.1, 0.15) is 36.8 Å². The molecule has 0 unspecified atom stereocenters. The fourth-order valence-corrected chi connectivity index (χ4v) is 6.67. The van der Waals surface area contributed by atoms with Gasteiger partial charge < -0.3 is 14.6 Å². The van der Waals surface area contributed by atoms with Crippen LogP contribution in [-0.2, 0) is 15.1 Å². The van der Waals surface area contributed by atoms with Gasteiger partial charge in [-0.1, -0.05) is 114 Å². The number of hydrogen-bond donors (Lipinski definition) is 1. The smallest absolute Gasteiger partial charge is 0.256 e. The maximum Gasteiger partial charge on any atom is 0.256 e. The van der Waals surface area contributed by atoms with Gasteiger partial charge >= 0.3 is 0 Å². The van der Waals surface area contributed by atoms with Gasteiger partial charge in [0.2, 0.25) is 5.88 Å². The molecule has 11 heteroatoms. The summed E-state index contributed by atoms with van der Waals surface area (Å²) in [5, 5.41) is 12.4. The van der Waals surface area contributed by atoms with E-state index in [1.165, 1.54) is 17.8 Å². The van der Waals surface area contributed by atoms with Gasteiger partial charge in [0, 0.05) is 4.43 Å². The van der Waals surface area contributed by atoms with E-state index >= 15 is 4.39 Å². The number of ether oxygens (including phenoxy) is 2. The van der Waals surface area contributed by atoms with E-state index in [1.54, 1.807) is 12.2 Å². The average molecular weight is 710 g/mol. The summed E-state index contributed by atoms with van der Waals surface area (Å²) >= 11 is 2.08. The van der Waals surface area contributed by atoms with Crippen LogP contribution in [0.15, 0.2) is 97.3 Å². The van der Waals surface area contributed by atoms with Crippen molar-refractivity contribution in [1.82, 2.24) is 19.5 Å². The van der Waals surface area contributed by atoms with Crippen LogP contribution in [0.3, 0.4) is 0 Å². The summed E-state index contributed by atoms with van der Waals surface area (Å²) in [4.78, 5) is 20.6. The molecule has 2 aromatic heterocycles. The van der Waals surface area contributed by atoms with Crippen molar-refractivity contribution in [3.63, 3.8) is 0 Å². The van der Waals surface area contributed by atoms with Crippen molar-refractivity contribution in [2.24, 2.45) is 0 Å². The lowest BCUT2D eigenvalue weighted by Crippen LogP contribution is -2.48. The Kier molecular flexibility index (Phi) is 8.55. The van der Waals surface area contributed by atoms with Crippen molar-refractivity contribution < 1.29 is 23.8 Å². The molecule has 0 bridgehead atoms. The molecule has 5 aromatic rings. The molecule has 0 spiro atoms. The van der Waals surface area contributed by atoms with Gasteiger partial charge in [0.05, 0.1) is 26.1 Å². The molecule has 0 saturated carbocycles. The molecule has 0 amide bonds. The number of nitrogens with zero attached hydrogens (tertiary/aromatic N) is 5. The first-order valence-electron chi connectivity index (χ1n) is 14.3. The Hall–Kier alpha value is -3.65. The second kappa shape index (κ2) is 12.4. The predicted molar refractivity (Wildman–Crippen MR) is 174 cm³/mol. The highest BCUT2D eigenvalue weighted by Crippen LogP contribution is 2.46. The zero-order valence-corrected chi connectivity index (χ0v) is 26.7. The SMILES string of the molecule is CCOc1nc(N(OC)C(c2ccccc2)(c2ccccc2)c2ccccc2)nc2c1ncn2[C@@H]1O[C@H](CI)[C@@H](O)[C@@]1(C)F. The van der Waals surface area contributed by atoms with Crippen LogP contribution in [0.2, 0.25) is 0 Å². The van der Waals surface area contributed by atoms with Crippen LogP contribution in [0, 0.1) is 0 Å². The van der Waals surface area contributed by atoms with Gasteiger partial charge in [0.15, 0.2) is 23.1 Å². The molecule has 1 aliphatic heterocycles. The van der Waals surface area contributed by atoms with Crippen LogP contribution < -0.4 is 9.80 Å². The Bertz CT molecular complexity index is 1610. The average Bonchev–Trinajstić information content (AvgIpc) is 3.58. The molecule has 3 heterocycles. The van der Waals surface area contributed by atoms with E-state index in [9.17, 15) is 5.11 Å². The van der Waals surface area contributed by atoms with Crippen LogP contribution in [0.4, 0.5) is 10.3 Å². The fraction of sp³-hybridized carbons (Fsp3) is 0.303. The molecule has 1 aliphatic rings. The number of halogens is 2. The van der Waals surface area contributed by atoms with Gasteiger partial charge in [0.1, 0.15) is 11.6 Å². The fourth-order valence-electron chi connectivity index (χ4n) is 5.98. The lowest BCUT2D eigenvalue weighted by molar-refractivity contribution is -0.0413. The maximum absolute atomic E-state index is 16.1. The van der Waals surface area contributed by atoms with Crippen molar-refractivity contribution in [2.45, 2.75) is 43.5 Å². The minimum absolute atomic E-state index is 0.159. The highest BCUT2D eigenvalue weighted by molar-refractivity contribution is 14.1. The Labute approximate surface area is 268 Å². The molecule has 1 saturated heterocycles. The van der Waals surface area contributed by atoms with Crippen LogP contribution in [-0.4, -0.2) is 60.6 Å².